The Morgan fingerprint density at radius 3 is 2.65 bits per heavy atom. The van der Waals surface area contributed by atoms with E-state index in [-0.39, 0.29) is 23.7 Å². The zero-order chi connectivity index (χ0) is 18.8. The van der Waals surface area contributed by atoms with Crippen LogP contribution in [0.15, 0.2) is 16.8 Å². The molecular weight excluding hydrogens is 332 g/mol. The molecule has 1 amide bonds. The van der Waals surface area contributed by atoms with E-state index >= 15 is 0 Å². The molecule has 1 atom stereocenters. The zero-order valence-corrected chi connectivity index (χ0v) is 15.9. The van der Waals surface area contributed by atoms with Crippen LogP contribution >= 0.6 is 0 Å². The molecule has 2 aromatic heterocycles. The Kier molecular flexibility index (Phi) is 5.25. The quantitative estimate of drug-likeness (QED) is 0.782. The molecule has 7 heteroatoms. The predicted octanol–water partition coefficient (Wildman–Crippen LogP) is 3.49. The number of hydrogen-bond acceptors (Lipinski definition) is 5. The van der Waals surface area contributed by atoms with Gasteiger partial charge in [0.1, 0.15) is 5.69 Å². The summed E-state index contributed by atoms with van der Waals surface area (Å²) in [6.07, 6.45) is 5.55. The Balaban J connectivity index is 1.93. The molecule has 0 bridgehead atoms. The lowest BCUT2D eigenvalue weighted by Gasteiger charge is -2.28. The Bertz CT molecular complexity index is 806. The van der Waals surface area contributed by atoms with Crippen molar-refractivity contribution in [3.05, 3.63) is 35.2 Å². The third-order valence-corrected chi connectivity index (χ3v) is 4.89. The summed E-state index contributed by atoms with van der Waals surface area (Å²) >= 11 is 0. The minimum absolute atomic E-state index is 0.0493. The number of likely N-dealkylation sites (tertiary alicyclic amines) is 1. The summed E-state index contributed by atoms with van der Waals surface area (Å²) in [5, 5.41) is 4.14. The number of Topliss-reactive ketones (excluding diaryl/α,β-unsaturated/α-hetero) is 1. The molecular formula is C19H26N4O3. The Morgan fingerprint density at radius 2 is 2.04 bits per heavy atom. The van der Waals surface area contributed by atoms with Gasteiger partial charge in [-0.1, -0.05) is 31.8 Å². The normalized spacial score (nSPS) is 18.2. The highest BCUT2D eigenvalue weighted by atomic mass is 16.5. The van der Waals surface area contributed by atoms with Crippen LogP contribution in [-0.4, -0.2) is 37.8 Å². The number of hydrogen-bond donors (Lipinski definition) is 0. The summed E-state index contributed by atoms with van der Waals surface area (Å²) in [4.78, 5) is 31.2. The monoisotopic (exact) mass is 358 g/mol. The van der Waals surface area contributed by atoms with Crippen LogP contribution in [0, 0.1) is 0 Å². The molecule has 3 heterocycles. The van der Waals surface area contributed by atoms with Gasteiger partial charge in [-0.15, -0.1) is 0 Å². The highest BCUT2D eigenvalue weighted by Crippen LogP contribution is 2.31. The van der Waals surface area contributed by atoms with Gasteiger partial charge in [0.25, 0.3) is 5.91 Å². The minimum atomic E-state index is -0.197. The average Bonchev–Trinajstić information content (AvgIpc) is 3.15. The van der Waals surface area contributed by atoms with Crippen LogP contribution in [0.25, 0.3) is 0 Å². The fraction of sp³-hybridized carbons (Fsp3) is 0.579. The van der Waals surface area contributed by atoms with Gasteiger partial charge in [-0.25, -0.2) is 0 Å². The van der Waals surface area contributed by atoms with Gasteiger partial charge in [0.05, 0.1) is 6.04 Å². The molecule has 0 radical (unpaired) electrons. The molecule has 0 N–H and O–H groups in total. The first-order chi connectivity index (χ1) is 12.4. The molecule has 1 aliphatic heterocycles. The second-order valence-corrected chi connectivity index (χ2v) is 7.29. The van der Waals surface area contributed by atoms with E-state index in [0.717, 1.165) is 25.7 Å². The first-order valence-electron chi connectivity index (χ1n) is 9.20. The smallest absolute Gasteiger partial charge is 0.271 e. The van der Waals surface area contributed by atoms with Crippen molar-refractivity contribution in [1.29, 1.82) is 0 Å². The predicted molar refractivity (Wildman–Crippen MR) is 96.1 cm³/mol. The standard InChI is InChI=1S/C19H26N4O3/c1-12(2)18-20-17(21-26-18)15-8-6-5-7-9-23(15)19(25)16-10-14(13(3)24)11-22(16)4/h10-12,15H,5-9H2,1-4H3/t15-/m0/s1. The summed E-state index contributed by atoms with van der Waals surface area (Å²) in [7, 11) is 1.79. The maximum Gasteiger partial charge on any atom is 0.271 e. The number of nitrogens with zero attached hydrogens (tertiary/aromatic N) is 4. The molecule has 1 fully saturated rings. The van der Waals surface area contributed by atoms with Crippen molar-refractivity contribution in [2.45, 2.75) is 58.4 Å². The largest absolute Gasteiger partial charge is 0.346 e. The van der Waals surface area contributed by atoms with Gasteiger partial charge >= 0.3 is 0 Å². The summed E-state index contributed by atoms with van der Waals surface area (Å²) in [5.41, 5.74) is 1.05. The summed E-state index contributed by atoms with van der Waals surface area (Å²) in [5.74, 6) is 1.17. The van der Waals surface area contributed by atoms with E-state index < -0.39 is 0 Å². The van der Waals surface area contributed by atoms with Gasteiger partial charge in [-0.05, 0) is 25.8 Å². The number of aromatic nitrogens is 3. The molecule has 26 heavy (non-hydrogen) atoms. The van der Waals surface area contributed by atoms with Crippen LogP contribution in [0.2, 0.25) is 0 Å². The van der Waals surface area contributed by atoms with Gasteiger partial charge < -0.3 is 14.0 Å². The average molecular weight is 358 g/mol. The third kappa shape index (κ3) is 3.57. The van der Waals surface area contributed by atoms with E-state index in [1.807, 2.05) is 18.7 Å². The maximum absolute atomic E-state index is 13.2. The second-order valence-electron chi connectivity index (χ2n) is 7.29. The highest BCUT2D eigenvalue weighted by molar-refractivity contribution is 5.99. The number of amides is 1. The van der Waals surface area contributed by atoms with E-state index in [9.17, 15) is 9.59 Å². The molecule has 2 aromatic rings. The summed E-state index contributed by atoms with van der Waals surface area (Å²) < 4.78 is 7.08. The van der Waals surface area contributed by atoms with Crippen molar-refractivity contribution in [2.75, 3.05) is 6.54 Å². The molecule has 0 aromatic carbocycles. The zero-order valence-electron chi connectivity index (χ0n) is 15.9. The molecule has 1 saturated heterocycles. The number of carbonyl (C=O) groups is 2. The molecule has 7 nitrogen and oxygen atoms in total. The van der Waals surface area contributed by atoms with Crippen LogP contribution in [0.4, 0.5) is 0 Å². The summed E-state index contributed by atoms with van der Waals surface area (Å²) in [6.45, 7) is 6.15. The fourth-order valence-electron chi connectivity index (χ4n) is 3.35. The fourth-order valence-corrected chi connectivity index (χ4v) is 3.35. The van der Waals surface area contributed by atoms with Gasteiger partial charge in [-0.3, -0.25) is 9.59 Å². The van der Waals surface area contributed by atoms with Crippen molar-refractivity contribution in [2.24, 2.45) is 7.05 Å². The third-order valence-electron chi connectivity index (χ3n) is 4.89. The first-order valence-corrected chi connectivity index (χ1v) is 9.20. The van der Waals surface area contributed by atoms with Gasteiger partial charge in [0.15, 0.2) is 11.6 Å². The second kappa shape index (κ2) is 7.43. The Morgan fingerprint density at radius 1 is 1.27 bits per heavy atom. The van der Waals surface area contributed by atoms with Crippen molar-refractivity contribution in [3.63, 3.8) is 0 Å². The topological polar surface area (TPSA) is 81.2 Å². The lowest BCUT2D eigenvalue weighted by atomic mass is 10.1. The van der Waals surface area contributed by atoms with E-state index in [2.05, 4.69) is 10.1 Å². The van der Waals surface area contributed by atoms with Crippen molar-refractivity contribution >= 4 is 11.7 Å². The van der Waals surface area contributed by atoms with E-state index in [0.29, 0.717) is 29.5 Å². The Hall–Kier alpha value is -2.44. The van der Waals surface area contributed by atoms with E-state index in [1.165, 1.54) is 6.92 Å². The number of rotatable bonds is 4. The van der Waals surface area contributed by atoms with Crippen LogP contribution in [-0.2, 0) is 7.05 Å². The van der Waals surface area contributed by atoms with Crippen LogP contribution in [0.3, 0.4) is 0 Å². The molecule has 0 spiro atoms. The molecule has 0 aliphatic carbocycles. The van der Waals surface area contributed by atoms with Crippen molar-refractivity contribution < 1.29 is 14.1 Å². The SMILES string of the molecule is CC(=O)c1cc(C(=O)N2CCCCC[C@H]2c2noc(C(C)C)n2)n(C)c1. The van der Waals surface area contributed by atoms with Crippen LogP contribution < -0.4 is 0 Å². The number of aryl methyl sites for hydroxylation is 1. The number of carbonyl (C=O) groups excluding carboxylic acids is 2. The molecule has 0 unspecified atom stereocenters. The van der Waals surface area contributed by atoms with E-state index in [4.69, 9.17) is 4.52 Å². The van der Waals surface area contributed by atoms with Gasteiger partial charge in [-0.2, -0.15) is 4.98 Å². The highest BCUT2D eigenvalue weighted by Gasteiger charge is 2.32. The van der Waals surface area contributed by atoms with Gasteiger partial charge in [0, 0.05) is 31.3 Å². The van der Waals surface area contributed by atoms with E-state index in [1.54, 1.807) is 23.9 Å². The minimum Gasteiger partial charge on any atom is -0.346 e. The first kappa shape index (κ1) is 18.4. The molecule has 140 valence electrons. The maximum atomic E-state index is 13.2. The Labute approximate surface area is 153 Å². The lowest BCUT2D eigenvalue weighted by molar-refractivity contribution is 0.0660. The molecule has 3 rings (SSSR count). The number of ketones is 1. The van der Waals surface area contributed by atoms with Crippen LogP contribution in [0.1, 0.15) is 91.0 Å². The van der Waals surface area contributed by atoms with Gasteiger partial charge in [0.2, 0.25) is 5.89 Å². The lowest BCUT2D eigenvalue weighted by Crippen LogP contribution is -2.36. The molecule has 0 saturated carbocycles. The van der Waals surface area contributed by atoms with Crippen molar-refractivity contribution in [1.82, 2.24) is 19.6 Å². The summed E-state index contributed by atoms with van der Waals surface area (Å²) in [6, 6.07) is 1.47. The van der Waals surface area contributed by atoms with Crippen molar-refractivity contribution in [3.8, 4) is 0 Å². The van der Waals surface area contributed by atoms with Crippen LogP contribution in [0.5, 0.6) is 0 Å². The molecule has 1 aliphatic rings.